The monoisotopic (exact) mass is 313 g/mol. The number of alkyl halides is 3. The van der Waals surface area contributed by atoms with E-state index in [1.807, 2.05) is 13.0 Å². The van der Waals surface area contributed by atoms with E-state index in [1.54, 1.807) is 24.3 Å². The molecule has 1 unspecified atom stereocenters. The highest BCUT2D eigenvalue weighted by atomic mass is 35.5. The van der Waals surface area contributed by atoms with Gasteiger partial charge in [-0.05, 0) is 36.2 Å². The first-order chi connectivity index (χ1) is 9.91. The van der Waals surface area contributed by atoms with Crippen molar-refractivity contribution >= 4 is 17.3 Å². The Hall–Kier alpha value is -1.68. The van der Waals surface area contributed by atoms with Crippen molar-refractivity contribution in [3.8, 4) is 0 Å². The van der Waals surface area contributed by atoms with Gasteiger partial charge in [-0.1, -0.05) is 42.8 Å². The van der Waals surface area contributed by atoms with Gasteiger partial charge in [0.1, 0.15) is 0 Å². The molecule has 1 atom stereocenters. The van der Waals surface area contributed by atoms with Crippen LogP contribution in [-0.2, 0) is 6.18 Å². The van der Waals surface area contributed by atoms with Crippen molar-refractivity contribution in [2.75, 3.05) is 5.32 Å². The second kappa shape index (κ2) is 6.39. The van der Waals surface area contributed by atoms with E-state index in [2.05, 4.69) is 5.32 Å². The van der Waals surface area contributed by atoms with E-state index >= 15 is 0 Å². The average Bonchev–Trinajstić information content (AvgIpc) is 2.44. The molecule has 1 N–H and O–H groups in total. The van der Waals surface area contributed by atoms with E-state index in [0.717, 1.165) is 11.6 Å². The Bertz CT molecular complexity index is 610. The standard InChI is InChI=1S/C16H15ClF3N/c1-2-14(11-6-5-7-12(17)10-11)21-15-9-4-3-8-13(15)16(18,19)20/h3-10,14,21H,2H2,1H3. The van der Waals surface area contributed by atoms with Crippen molar-refractivity contribution in [3.05, 3.63) is 64.7 Å². The number of para-hydroxylation sites is 1. The van der Waals surface area contributed by atoms with Crippen LogP contribution in [0.3, 0.4) is 0 Å². The van der Waals surface area contributed by atoms with Gasteiger partial charge in [0.2, 0.25) is 0 Å². The summed E-state index contributed by atoms with van der Waals surface area (Å²) >= 11 is 5.94. The van der Waals surface area contributed by atoms with Crippen molar-refractivity contribution in [2.45, 2.75) is 25.6 Å². The Morgan fingerprint density at radius 1 is 1.10 bits per heavy atom. The third kappa shape index (κ3) is 3.91. The Balaban J connectivity index is 2.32. The summed E-state index contributed by atoms with van der Waals surface area (Å²) in [5.74, 6) is 0. The van der Waals surface area contributed by atoms with Crippen LogP contribution in [0, 0.1) is 0 Å². The Morgan fingerprint density at radius 2 is 1.81 bits per heavy atom. The van der Waals surface area contributed by atoms with Crippen LogP contribution in [0.5, 0.6) is 0 Å². The van der Waals surface area contributed by atoms with E-state index in [-0.39, 0.29) is 11.7 Å². The number of rotatable bonds is 4. The SMILES string of the molecule is CCC(Nc1ccccc1C(F)(F)F)c1cccc(Cl)c1. The molecule has 0 heterocycles. The number of halogens is 4. The summed E-state index contributed by atoms with van der Waals surface area (Å²) in [7, 11) is 0. The highest BCUT2D eigenvalue weighted by Crippen LogP contribution is 2.36. The molecule has 0 spiro atoms. The lowest BCUT2D eigenvalue weighted by atomic mass is 10.0. The molecule has 112 valence electrons. The van der Waals surface area contributed by atoms with E-state index in [9.17, 15) is 13.2 Å². The summed E-state index contributed by atoms with van der Waals surface area (Å²) in [4.78, 5) is 0. The maximum Gasteiger partial charge on any atom is 0.418 e. The average molecular weight is 314 g/mol. The summed E-state index contributed by atoms with van der Waals surface area (Å²) in [6.45, 7) is 1.91. The lowest BCUT2D eigenvalue weighted by Crippen LogP contribution is -2.15. The first kappa shape index (κ1) is 15.7. The maximum atomic E-state index is 13.0. The molecule has 0 aliphatic heterocycles. The summed E-state index contributed by atoms with van der Waals surface area (Å²) in [5.41, 5.74) is 0.282. The van der Waals surface area contributed by atoms with Crippen LogP contribution in [0.25, 0.3) is 0 Å². The van der Waals surface area contributed by atoms with E-state index in [1.165, 1.54) is 12.1 Å². The summed E-state index contributed by atoms with van der Waals surface area (Å²) < 4.78 is 39.0. The Labute approximate surface area is 126 Å². The summed E-state index contributed by atoms with van der Waals surface area (Å²) in [6.07, 6.45) is -3.73. The van der Waals surface area contributed by atoms with Gasteiger partial charge in [-0.3, -0.25) is 0 Å². The van der Waals surface area contributed by atoms with Crippen molar-refractivity contribution in [2.24, 2.45) is 0 Å². The summed E-state index contributed by atoms with van der Waals surface area (Å²) in [6, 6.07) is 12.4. The molecular weight excluding hydrogens is 299 g/mol. The fraction of sp³-hybridized carbons (Fsp3) is 0.250. The zero-order valence-electron chi connectivity index (χ0n) is 11.4. The van der Waals surface area contributed by atoms with Crippen LogP contribution in [0.1, 0.15) is 30.5 Å². The predicted octanol–water partition coefficient (Wildman–Crippen LogP) is 5.92. The van der Waals surface area contributed by atoms with Crippen molar-refractivity contribution in [1.82, 2.24) is 0 Å². The van der Waals surface area contributed by atoms with Gasteiger partial charge < -0.3 is 5.32 Å². The molecule has 21 heavy (non-hydrogen) atoms. The first-order valence-electron chi connectivity index (χ1n) is 6.60. The van der Waals surface area contributed by atoms with Crippen LogP contribution in [0.4, 0.5) is 18.9 Å². The van der Waals surface area contributed by atoms with Crippen LogP contribution in [-0.4, -0.2) is 0 Å². The molecule has 0 saturated carbocycles. The van der Waals surface area contributed by atoms with Crippen molar-refractivity contribution in [3.63, 3.8) is 0 Å². The lowest BCUT2D eigenvalue weighted by Gasteiger charge is -2.22. The molecule has 0 fully saturated rings. The largest absolute Gasteiger partial charge is 0.418 e. The highest BCUT2D eigenvalue weighted by molar-refractivity contribution is 6.30. The molecule has 0 aliphatic rings. The molecule has 1 nitrogen and oxygen atoms in total. The molecule has 2 aromatic rings. The van der Waals surface area contributed by atoms with Crippen LogP contribution >= 0.6 is 11.6 Å². The molecule has 2 aromatic carbocycles. The Kier molecular flexibility index (Phi) is 4.78. The number of benzene rings is 2. The van der Waals surface area contributed by atoms with Crippen LogP contribution < -0.4 is 5.32 Å². The van der Waals surface area contributed by atoms with E-state index in [0.29, 0.717) is 11.4 Å². The zero-order valence-corrected chi connectivity index (χ0v) is 12.2. The third-order valence-electron chi connectivity index (χ3n) is 3.22. The van der Waals surface area contributed by atoms with Crippen molar-refractivity contribution in [1.29, 1.82) is 0 Å². The molecule has 0 aliphatic carbocycles. The lowest BCUT2D eigenvalue weighted by molar-refractivity contribution is -0.137. The first-order valence-corrected chi connectivity index (χ1v) is 6.98. The van der Waals surface area contributed by atoms with Crippen LogP contribution in [0.2, 0.25) is 5.02 Å². The minimum atomic E-state index is -4.38. The topological polar surface area (TPSA) is 12.0 Å². The molecule has 0 saturated heterocycles. The van der Waals surface area contributed by atoms with Crippen LogP contribution in [0.15, 0.2) is 48.5 Å². The second-order valence-electron chi connectivity index (χ2n) is 4.70. The molecule has 5 heteroatoms. The van der Waals surface area contributed by atoms with E-state index < -0.39 is 11.7 Å². The molecular formula is C16H15ClF3N. The fourth-order valence-electron chi connectivity index (χ4n) is 2.19. The Morgan fingerprint density at radius 3 is 2.43 bits per heavy atom. The number of nitrogens with one attached hydrogen (secondary N) is 1. The second-order valence-corrected chi connectivity index (χ2v) is 5.14. The van der Waals surface area contributed by atoms with Gasteiger partial charge in [-0.25, -0.2) is 0 Å². The maximum absolute atomic E-state index is 13.0. The van der Waals surface area contributed by atoms with Gasteiger partial charge in [0.25, 0.3) is 0 Å². The van der Waals surface area contributed by atoms with Gasteiger partial charge in [-0.2, -0.15) is 13.2 Å². The van der Waals surface area contributed by atoms with Gasteiger partial charge >= 0.3 is 6.18 Å². The molecule has 0 amide bonds. The highest BCUT2D eigenvalue weighted by Gasteiger charge is 2.33. The van der Waals surface area contributed by atoms with Gasteiger partial charge in [0.05, 0.1) is 11.6 Å². The van der Waals surface area contributed by atoms with Gasteiger partial charge in [-0.15, -0.1) is 0 Å². The minimum Gasteiger partial charge on any atom is -0.378 e. The number of hydrogen-bond donors (Lipinski definition) is 1. The number of anilines is 1. The quantitative estimate of drug-likeness (QED) is 0.738. The summed E-state index contributed by atoms with van der Waals surface area (Å²) in [5, 5.41) is 3.54. The smallest absolute Gasteiger partial charge is 0.378 e. The molecule has 0 bridgehead atoms. The minimum absolute atomic E-state index is 0.0804. The molecule has 2 rings (SSSR count). The van der Waals surface area contributed by atoms with Gasteiger partial charge in [0, 0.05) is 10.7 Å². The number of hydrogen-bond acceptors (Lipinski definition) is 1. The zero-order chi connectivity index (χ0) is 15.5. The van der Waals surface area contributed by atoms with Crippen molar-refractivity contribution < 1.29 is 13.2 Å². The van der Waals surface area contributed by atoms with E-state index in [4.69, 9.17) is 11.6 Å². The molecule has 0 aromatic heterocycles. The molecule has 0 radical (unpaired) electrons. The predicted molar refractivity (Wildman–Crippen MR) is 79.6 cm³/mol. The fourth-order valence-corrected chi connectivity index (χ4v) is 2.39. The third-order valence-corrected chi connectivity index (χ3v) is 3.46. The van der Waals surface area contributed by atoms with Gasteiger partial charge in [0.15, 0.2) is 0 Å². The normalized spacial score (nSPS) is 13.0.